The highest BCUT2D eigenvalue weighted by Crippen LogP contribution is 2.39. The maximum atomic E-state index is 12.0. The fourth-order valence-corrected chi connectivity index (χ4v) is 4.94. The third-order valence-corrected chi connectivity index (χ3v) is 6.43. The monoisotopic (exact) mass is 394 g/mol. The highest BCUT2D eigenvalue weighted by Gasteiger charge is 2.37. The summed E-state index contributed by atoms with van der Waals surface area (Å²) in [5, 5.41) is 0. The number of carbonyl (C=O) groups excluding carboxylic acids is 1. The molecule has 1 amide bonds. The molecule has 1 heterocycles. The van der Waals surface area contributed by atoms with Gasteiger partial charge in [-0.1, -0.05) is 29.8 Å². The normalized spacial score (nSPS) is 28.6. The van der Waals surface area contributed by atoms with Gasteiger partial charge in [0, 0.05) is 19.5 Å². The second kappa shape index (κ2) is 8.29. The summed E-state index contributed by atoms with van der Waals surface area (Å²) in [7, 11) is -3.33. The van der Waals surface area contributed by atoms with E-state index < -0.39 is 10.0 Å². The quantitative estimate of drug-likeness (QED) is 0.802. The zero-order valence-electron chi connectivity index (χ0n) is 16.3. The summed E-state index contributed by atoms with van der Waals surface area (Å²) in [6.45, 7) is 4.65. The van der Waals surface area contributed by atoms with E-state index in [1.165, 1.54) is 18.1 Å². The lowest BCUT2D eigenvalue weighted by atomic mass is 9.77. The molecule has 3 rings (SSSR count). The van der Waals surface area contributed by atoms with E-state index in [0.717, 1.165) is 31.9 Å². The summed E-state index contributed by atoms with van der Waals surface area (Å²) in [5.41, 5.74) is 2.61. The molecule has 0 radical (unpaired) electrons. The highest BCUT2D eigenvalue weighted by molar-refractivity contribution is 7.88. The number of hydrogen-bond donors (Lipinski definition) is 1. The van der Waals surface area contributed by atoms with Gasteiger partial charge in [0.25, 0.3) is 0 Å². The number of rotatable bonds is 6. The molecule has 1 aromatic rings. The molecule has 2 aliphatic rings. The minimum atomic E-state index is -3.33. The SMILES string of the molecule is CC(=O)N1CCC[C@H](NS(C)(=O)=O)[C@@H]1COC1CC(c2ccc(C)cc2)C1. The van der Waals surface area contributed by atoms with Crippen LogP contribution in [0.5, 0.6) is 0 Å². The fourth-order valence-electron chi connectivity index (χ4n) is 4.11. The van der Waals surface area contributed by atoms with E-state index in [2.05, 4.69) is 35.9 Å². The molecule has 1 aromatic carbocycles. The summed E-state index contributed by atoms with van der Waals surface area (Å²) in [6.07, 6.45) is 4.80. The lowest BCUT2D eigenvalue weighted by molar-refractivity contribution is -0.136. The molecular formula is C20H30N2O4S. The van der Waals surface area contributed by atoms with Crippen LogP contribution in [0.4, 0.5) is 0 Å². The standard InChI is InChI=1S/C20H30N2O4S/c1-14-6-8-16(9-7-14)17-11-18(12-17)26-13-20-19(21-27(3,24)25)5-4-10-22(20)15(2)23/h6-9,17-21H,4-5,10-13H2,1-3H3/t17?,18?,19-,20-/m0/s1. The molecule has 6 nitrogen and oxygen atoms in total. The summed E-state index contributed by atoms with van der Waals surface area (Å²) < 4.78 is 32.2. The van der Waals surface area contributed by atoms with E-state index in [1.54, 1.807) is 4.90 Å². The number of piperidine rings is 1. The molecule has 0 unspecified atom stereocenters. The maximum absolute atomic E-state index is 12.0. The van der Waals surface area contributed by atoms with E-state index in [1.807, 2.05) is 0 Å². The molecule has 2 atom stereocenters. The van der Waals surface area contributed by atoms with E-state index in [9.17, 15) is 13.2 Å². The van der Waals surface area contributed by atoms with Crippen LogP contribution in [-0.2, 0) is 19.6 Å². The van der Waals surface area contributed by atoms with Crippen molar-refractivity contribution in [1.82, 2.24) is 9.62 Å². The van der Waals surface area contributed by atoms with E-state index in [-0.39, 0.29) is 24.1 Å². The van der Waals surface area contributed by atoms with Gasteiger partial charge in [0.2, 0.25) is 15.9 Å². The minimum absolute atomic E-state index is 0.0326. The van der Waals surface area contributed by atoms with Gasteiger partial charge in [-0.15, -0.1) is 0 Å². The van der Waals surface area contributed by atoms with Crippen LogP contribution in [0.25, 0.3) is 0 Å². The van der Waals surface area contributed by atoms with Gasteiger partial charge in [0.05, 0.1) is 25.0 Å². The molecular weight excluding hydrogens is 364 g/mol. The molecule has 150 valence electrons. The Morgan fingerprint density at radius 2 is 1.93 bits per heavy atom. The number of benzene rings is 1. The van der Waals surface area contributed by atoms with E-state index in [4.69, 9.17) is 4.74 Å². The van der Waals surface area contributed by atoms with Gasteiger partial charge in [0.1, 0.15) is 0 Å². The Morgan fingerprint density at radius 3 is 2.52 bits per heavy atom. The van der Waals surface area contributed by atoms with Crippen molar-refractivity contribution >= 4 is 15.9 Å². The van der Waals surface area contributed by atoms with Crippen molar-refractivity contribution in [3.05, 3.63) is 35.4 Å². The minimum Gasteiger partial charge on any atom is -0.376 e. The number of likely N-dealkylation sites (tertiary alicyclic amines) is 1. The first-order valence-corrected chi connectivity index (χ1v) is 11.5. The first kappa shape index (κ1) is 20.3. The topological polar surface area (TPSA) is 75.7 Å². The molecule has 7 heteroatoms. The Hall–Kier alpha value is -1.44. The van der Waals surface area contributed by atoms with Crippen LogP contribution in [-0.4, -0.2) is 56.8 Å². The molecule has 0 bridgehead atoms. The van der Waals surface area contributed by atoms with Crippen LogP contribution in [0.1, 0.15) is 49.7 Å². The maximum Gasteiger partial charge on any atom is 0.219 e. The first-order chi connectivity index (χ1) is 12.7. The van der Waals surface area contributed by atoms with Crippen molar-refractivity contribution in [3.63, 3.8) is 0 Å². The zero-order valence-corrected chi connectivity index (χ0v) is 17.2. The van der Waals surface area contributed by atoms with Gasteiger partial charge >= 0.3 is 0 Å². The summed E-state index contributed by atoms with van der Waals surface area (Å²) >= 11 is 0. The molecule has 1 saturated heterocycles. The van der Waals surface area contributed by atoms with Crippen LogP contribution < -0.4 is 4.72 Å². The smallest absolute Gasteiger partial charge is 0.219 e. The number of ether oxygens (including phenoxy) is 1. The van der Waals surface area contributed by atoms with Gasteiger partial charge in [-0.05, 0) is 44.1 Å². The van der Waals surface area contributed by atoms with Gasteiger partial charge < -0.3 is 9.64 Å². The average molecular weight is 395 g/mol. The number of hydrogen-bond acceptors (Lipinski definition) is 4. The summed E-state index contributed by atoms with van der Waals surface area (Å²) in [6, 6.07) is 8.10. The number of nitrogens with zero attached hydrogens (tertiary/aromatic N) is 1. The summed E-state index contributed by atoms with van der Waals surface area (Å²) in [5.74, 6) is 0.491. The van der Waals surface area contributed by atoms with Gasteiger partial charge in [-0.25, -0.2) is 13.1 Å². The zero-order chi connectivity index (χ0) is 19.6. The summed E-state index contributed by atoms with van der Waals surface area (Å²) in [4.78, 5) is 13.8. The van der Waals surface area contributed by atoms with Crippen LogP contribution >= 0.6 is 0 Å². The molecule has 27 heavy (non-hydrogen) atoms. The lowest BCUT2D eigenvalue weighted by Gasteiger charge is -2.43. The second-order valence-electron chi connectivity index (χ2n) is 7.95. The first-order valence-electron chi connectivity index (χ1n) is 9.65. The molecule has 2 fully saturated rings. The molecule has 0 spiro atoms. The number of nitrogens with one attached hydrogen (secondary N) is 1. The predicted octanol–water partition coefficient (Wildman–Crippen LogP) is 2.19. The largest absolute Gasteiger partial charge is 0.376 e. The Kier molecular flexibility index (Phi) is 6.23. The van der Waals surface area contributed by atoms with Crippen molar-refractivity contribution in [2.24, 2.45) is 0 Å². The highest BCUT2D eigenvalue weighted by atomic mass is 32.2. The van der Waals surface area contributed by atoms with Crippen molar-refractivity contribution in [1.29, 1.82) is 0 Å². The lowest BCUT2D eigenvalue weighted by Crippen LogP contribution is -2.58. The Bertz CT molecular complexity index is 757. The van der Waals surface area contributed by atoms with Crippen molar-refractivity contribution < 1.29 is 17.9 Å². The molecule has 0 aromatic heterocycles. The molecule has 1 aliphatic heterocycles. The molecule has 1 N–H and O–H groups in total. The van der Waals surface area contributed by atoms with Crippen molar-refractivity contribution in [3.8, 4) is 0 Å². The van der Waals surface area contributed by atoms with Crippen molar-refractivity contribution in [2.45, 2.75) is 63.6 Å². The van der Waals surface area contributed by atoms with Crippen LogP contribution in [0.3, 0.4) is 0 Å². The number of carbonyl (C=O) groups is 1. The third-order valence-electron chi connectivity index (χ3n) is 5.70. The van der Waals surface area contributed by atoms with Gasteiger partial charge in [0.15, 0.2) is 0 Å². The van der Waals surface area contributed by atoms with Gasteiger partial charge in [-0.3, -0.25) is 4.79 Å². The molecule has 1 saturated carbocycles. The van der Waals surface area contributed by atoms with Gasteiger partial charge in [-0.2, -0.15) is 0 Å². The van der Waals surface area contributed by atoms with E-state index >= 15 is 0 Å². The predicted molar refractivity (Wildman–Crippen MR) is 105 cm³/mol. The second-order valence-corrected chi connectivity index (χ2v) is 9.73. The van der Waals surface area contributed by atoms with Crippen LogP contribution in [0.2, 0.25) is 0 Å². The average Bonchev–Trinajstić information content (AvgIpc) is 2.54. The van der Waals surface area contributed by atoms with Crippen LogP contribution in [0.15, 0.2) is 24.3 Å². The number of sulfonamides is 1. The fraction of sp³-hybridized carbons (Fsp3) is 0.650. The van der Waals surface area contributed by atoms with Crippen molar-refractivity contribution in [2.75, 3.05) is 19.4 Å². The number of aryl methyl sites for hydroxylation is 1. The number of amides is 1. The Morgan fingerprint density at radius 1 is 1.26 bits per heavy atom. The van der Waals surface area contributed by atoms with E-state index in [0.29, 0.717) is 19.1 Å². The molecule has 1 aliphatic carbocycles. The third kappa shape index (κ3) is 5.30. The Labute approximate surface area is 162 Å². The van der Waals surface area contributed by atoms with Crippen LogP contribution in [0, 0.1) is 6.92 Å². The Balaban J connectivity index is 1.56.